The van der Waals surface area contributed by atoms with Crippen molar-refractivity contribution in [1.29, 1.82) is 5.26 Å². The fraction of sp³-hybridized carbons (Fsp3) is 0.900. The molecule has 0 aliphatic heterocycles. The number of hydrogen-bond acceptors (Lipinski definition) is 2. The fourth-order valence-corrected chi connectivity index (χ4v) is 2.95. The lowest BCUT2D eigenvalue weighted by Gasteiger charge is -2.35. The van der Waals surface area contributed by atoms with Crippen molar-refractivity contribution in [2.24, 2.45) is 11.3 Å². The first-order chi connectivity index (χ1) is 5.79. The lowest BCUT2D eigenvalue weighted by Crippen LogP contribution is -2.36. The van der Waals surface area contributed by atoms with Crippen LogP contribution in [0.2, 0.25) is 0 Å². The van der Waals surface area contributed by atoms with E-state index in [0.717, 1.165) is 32.1 Å². The van der Waals surface area contributed by atoms with Crippen LogP contribution in [-0.4, -0.2) is 11.2 Å². The molecule has 2 aliphatic carbocycles. The first-order valence-electron chi connectivity index (χ1n) is 4.89. The van der Waals surface area contributed by atoms with E-state index < -0.39 is 0 Å². The van der Waals surface area contributed by atoms with Crippen molar-refractivity contribution in [2.75, 3.05) is 0 Å². The number of fused-ring (bicyclic) bond motifs is 1. The molecule has 0 heterocycles. The van der Waals surface area contributed by atoms with Gasteiger partial charge < -0.3 is 5.11 Å². The standard InChI is InChI=1S/C10H15NO/c11-7-10-6-2-1-3-8(10)4-5-9(10)12/h8-9,12H,1-6H2/t8-,9+,10+/m0/s1. The molecule has 0 aromatic heterocycles. The molecule has 0 radical (unpaired) electrons. The van der Waals surface area contributed by atoms with Gasteiger partial charge in [-0.15, -0.1) is 0 Å². The van der Waals surface area contributed by atoms with E-state index in [1.54, 1.807) is 0 Å². The van der Waals surface area contributed by atoms with E-state index in [2.05, 4.69) is 6.07 Å². The predicted octanol–water partition coefficient (Wildman–Crippen LogP) is 1.84. The predicted molar refractivity (Wildman–Crippen MR) is 45.2 cm³/mol. The van der Waals surface area contributed by atoms with Gasteiger partial charge in [-0.1, -0.05) is 12.8 Å². The van der Waals surface area contributed by atoms with Gasteiger partial charge in [-0.2, -0.15) is 5.26 Å². The Labute approximate surface area is 73.2 Å². The summed E-state index contributed by atoms with van der Waals surface area (Å²) in [5.74, 6) is 0.492. The van der Waals surface area contributed by atoms with Gasteiger partial charge in [-0.25, -0.2) is 0 Å². The first-order valence-corrected chi connectivity index (χ1v) is 4.89. The fourth-order valence-electron chi connectivity index (χ4n) is 2.95. The Kier molecular flexibility index (Phi) is 1.84. The van der Waals surface area contributed by atoms with E-state index in [4.69, 9.17) is 5.26 Å². The minimum atomic E-state index is -0.349. The average Bonchev–Trinajstić information content (AvgIpc) is 2.45. The van der Waals surface area contributed by atoms with Crippen LogP contribution in [0.15, 0.2) is 0 Å². The highest BCUT2D eigenvalue weighted by molar-refractivity contribution is 5.12. The maximum absolute atomic E-state index is 9.75. The summed E-state index contributed by atoms with van der Waals surface area (Å²) in [4.78, 5) is 0. The van der Waals surface area contributed by atoms with Crippen LogP contribution in [0, 0.1) is 22.7 Å². The number of nitrogens with zero attached hydrogens (tertiary/aromatic N) is 1. The number of aliphatic hydroxyl groups is 1. The molecule has 0 aromatic carbocycles. The molecule has 3 atom stereocenters. The summed E-state index contributed by atoms with van der Waals surface area (Å²) in [6.07, 6.45) is 6.03. The molecule has 2 heteroatoms. The minimum absolute atomic E-state index is 0.340. The van der Waals surface area contributed by atoms with Gasteiger partial charge in [0.1, 0.15) is 0 Å². The Bertz CT molecular complexity index is 218. The molecule has 2 aliphatic rings. The topological polar surface area (TPSA) is 44.0 Å². The third-order valence-corrected chi connectivity index (χ3v) is 3.71. The summed E-state index contributed by atoms with van der Waals surface area (Å²) < 4.78 is 0. The van der Waals surface area contributed by atoms with Crippen LogP contribution in [0.1, 0.15) is 38.5 Å². The molecule has 1 N–H and O–H groups in total. The molecule has 2 fully saturated rings. The Hall–Kier alpha value is -0.550. The average molecular weight is 165 g/mol. The van der Waals surface area contributed by atoms with Crippen molar-refractivity contribution < 1.29 is 5.11 Å². The Morgan fingerprint density at radius 2 is 2.08 bits per heavy atom. The number of rotatable bonds is 0. The summed E-state index contributed by atoms with van der Waals surface area (Å²) in [7, 11) is 0. The van der Waals surface area contributed by atoms with Crippen molar-refractivity contribution in [3.05, 3.63) is 0 Å². The molecule has 0 unspecified atom stereocenters. The molecule has 2 nitrogen and oxygen atoms in total. The molecule has 12 heavy (non-hydrogen) atoms. The maximum atomic E-state index is 9.75. The van der Waals surface area contributed by atoms with E-state index in [-0.39, 0.29) is 11.5 Å². The highest BCUT2D eigenvalue weighted by atomic mass is 16.3. The molecule has 2 saturated carbocycles. The molecule has 0 aromatic rings. The molecule has 0 saturated heterocycles. The third kappa shape index (κ3) is 0.895. The zero-order chi connectivity index (χ0) is 8.60. The molecule has 2 rings (SSSR count). The summed E-state index contributed by atoms with van der Waals surface area (Å²) in [5.41, 5.74) is -0.349. The number of aliphatic hydroxyl groups excluding tert-OH is 1. The van der Waals surface area contributed by atoms with Gasteiger partial charge in [-0.05, 0) is 31.6 Å². The third-order valence-electron chi connectivity index (χ3n) is 3.71. The van der Waals surface area contributed by atoms with Gasteiger partial charge in [0.05, 0.1) is 17.6 Å². The van der Waals surface area contributed by atoms with Crippen LogP contribution in [0.25, 0.3) is 0 Å². The summed E-state index contributed by atoms with van der Waals surface area (Å²) >= 11 is 0. The largest absolute Gasteiger partial charge is 0.391 e. The molecule has 0 bridgehead atoms. The summed E-state index contributed by atoms with van der Waals surface area (Å²) in [6.45, 7) is 0. The van der Waals surface area contributed by atoms with Gasteiger partial charge in [-0.3, -0.25) is 0 Å². The van der Waals surface area contributed by atoms with Gasteiger partial charge in [0.2, 0.25) is 0 Å². The van der Waals surface area contributed by atoms with Crippen LogP contribution in [0.4, 0.5) is 0 Å². The lowest BCUT2D eigenvalue weighted by atomic mass is 9.68. The van der Waals surface area contributed by atoms with E-state index in [9.17, 15) is 5.11 Å². The highest BCUT2D eigenvalue weighted by Gasteiger charge is 2.50. The van der Waals surface area contributed by atoms with Crippen molar-refractivity contribution >= 4 is 0 Å². The summed E-state index contributed by atoms with van der Waals surface area (Å²) in [5, 5.41) is 18.9. The van der Waals surface area contributed by atoms with Gasteiger partial charge >= 0.3 is 0 Å². The van der Waals surface area contributed by atoms with Crippen LogP contribution < -0.4 is 0 Å². The van der Waals surface area contributed by atoms with Crippen LogP contribution in [-0.2, 0) is 0 Å². The zero-order valence-electron chi connectivity index (χ0n) is 7.29. The van der Waals surface area contributed by atoms with Gasteiger partial charge in [0.25, 0.3) is 0 Å². The van der Waals surface area contributed by atoms with Crippen LogP contribution >= 0.6 is 0 Å². The molecule has 66 valence electrons. The molecule has 0 spiro atoms. The van der Waals surface area contributed by atoms with Crippen molar-refractivity contribution in [2.45, 2.75) is 44.6 Å². The van der Waals surface area contributed by atoms with E-state index in [1.165, 1.54) is 6.42 Å². The van der Waals surface area contributed by atoms with Crippen molar-refractivity contribution in [3.63, 3.8) is 0 Å². The SMILES string of the molecule is N#C[C@]12CCCC[C@H]1CC[C@H]2O. The quantitative estimate of drug-likeness (QED) is 0.595. The van der Waals surface area contributed by atoms with Gasteiger partial charge in [0.15, 0.2) is 0 Å². The van der Waals surface area contributed by atoms with E-state index >= 15 is 0 Å². The highest BCUT2D eigenvalue weighted by Crippen LogP contribution is 2.51. The van der Waals surface area contributed by atoms with Crippen LogP contribution in [0.3, 0.4) is 0 Å². The van der Waals surface area contributed by atoms with E-state index in [1.807, 2.05) is 0 Å². The van der Waals surface area contributed by atoms with Gasteiger partial charge in [0, 0.05) is 0 Å². The summed E-state index contributed by atoms with van der Waals surface area (Å²) in [6, 6.07) is 2.38. The lowest BCUT2D eigenvalue weighted by molar-refractivity contribution is 0.0438. The maximum Gasteiger partial charge on any atom is 0.0860 e. The number of hydrogen-bond donors (Lipinski definition) is 1. The monoisotopic (exact) mass is 165 g/mol. The first kappa shape index (κ1) is 8.07. The zero-order valence-corrected chi connectivity index (χ0v) is 7.29. The minimum Gasteiger partial charge on any atom is -0.391 e. The Balaban J connectivity index is 2.26. The Morgan fingerprint density at radius 1 is 1.25 bits per heavy atom. The second kappa shape index (κ2) is 2.74. The molecule has 0 amide bonds. The van der Waals surface area contributed by atoms with Crippen LogP contribution in [0.5, 0.6) is 0 Å². The molecular weight excluding hydrogens is 150 g/mol. The second-order valence-corrected chi connectivity index (χ2v) is 4.19. The van der Waals surface area contributed by atoms with Crippen molar-refractivity contribution in [1.82, 2.24) is 0 Å². The normalized spacial score (nSPS) is 46.7. The Morgan fingerprint density at radius 3 is 2.75 bits per heavy atom. The smallest absolute Gasteiger partial charge is 0.0860 e. The second-order valence-electron chi connectivity index (χ2n) is 4.19. The van der Waals surface area contributed by atoms with Crippen molar-refractivity contribution in [3.8, 4) is 6.07 Å². The number of nitriles is 1. The molecular formula is C10H15NO. The van der Waals surface area contributed by atoms with E-state index in [0.29, 0.717) is 5.92 Å².